The van der Waals surface area contributed by atoms with Gasteiger partial charge in [-0.25, -0.2) is 8.42 Å². The molecule has 2 aromatic carbocycles. The third kappa shape index (κ3) is 5.37. The number of pyridine rings is 1. The van der Waals surface area contributed by atoms with Gasteiger partial charge in [0, 0.05) is 18.6 Å². The van der Waals surface area contributed by atoms with Crippen molar-refractivity contribution in [3.8, 4) is 22.4 Å². The molecule has 0 spiro atoms. The number of halogens is 3. The van der Waals surface area contributed by atoms with Crippen LogP contribution in [0.3, 0.4) is 0 Å². The summed E-state index contributed by atoms with van der Waals surface area (Å²) in [6.45, 7) is 3.34. The van der Waals surface area contributed by atoms with Crippen molar-refractivity contribution in [1.82, 2.24) is 0 Å². The molecule has 0 atom stereocenters. The first kappa shape index (κ1) is 23.9. The number of aromatic nitrogens is 1. The monoisotopic (exact) mass is 463 g/mol. The highest BCUT2D eigenvalue weighted by atomic mass is 32.2. The number of nitrogens with zero attached hydrogens (tertiary/aromatic N) is 1. The summed E-state index contributed by atoms with van der Waals surface area (Å²) in [7, 11) is -6.09. The van der Waals surface area contributed by atoms with E-state index in [9.17, 15) is 13.2 Å². The predicted molar refractivity (Wildman–Crippen MR) is 116 cm³/mol. The van der Waals surface area contributed by atoms with Crippen molar-refractivity contribution >= 4 is 10.1 Å². The Kier molecular flexibility index (Phi) is 7.36. The second-order valence-corrected chi connectivity index (χ2v) is 8.90. The standard InChI is InChI=1S/C23H24N.CHF3O3S/c1-2-3-9-19-13-14-20(18-10-5-4-6-11-18)21-15-17-24-16-8-7-12-22(24)23(19)21;2-1(3,4)8(5,6)7/h4-8,10-14,16H,2-3,9,15,17H2,1H3;(H,5,6,7)/q+1;/p-1. The summed E-state index contributed by atoms with van der Waals surface area (Å²) in [6, 6.07) is 22.1. The molecule has 0 saturated carbocycles. The maximum Gasteiger partial charge on any atom is 0.485 e. The lowest BCUT2D eigenvalue weighted by Gasteiger charge is -2.21. The van der Waals surface area contributed by atoms with Crippen LogP contribution in [0.25, 0.3) is 22.4 Å². The Labute approximate surface area is 186 Å². The third-order valence-corrected chi connectivity index (χ3v) is 5.93. The fourth-order valence-electron chi connectivity index (χ4n) is 3.87. The van der Waals surface area contributed by atoms with Crippen LogP contribution in [-0.4, -0.2) is 18.5 Å². The summed E-state index contributed by atoms with van der Waals surface area (Å²) in [4.78, 5) is 0. The van der Waals surface area contributed by atoms with Gasteiger partial charge in [0.15, 0.2) is 22.9 Å². The summed E-state index contributed by atoms with van der Waals surface area (Å²) in [5, 5.41) is 0. The summed E-state index contributed by atoms with van der Waals surface area (Å²) in [5.74, 6) is 0. The number of unbranched alkanes of at least 4 members (excludes halogenated alkanes) is 1. The minimum atomic E-state index is -6.09. The zero-order valence-corrected chi connectivity index (χ0v) is 18.4. The van der Waals surface area contributed by atoms with Crippen LogP contribution in [0.2, 0.25) is 0 Å². The van der Waals surface area contributed by atoms with Crippen LogP contribution >= 0.6 is 0 Å². The second-order valence-electron chi connectivity index (χ2n) is 7.52. The number of hydrogen-bond donors (Lipinski definition) is 0. The molecule has 0 saturated heterocycles. The Morgan fingerprint density at radius 3 is 2.28 bits per heavy atom. The Morgan fingerprint density at radius 1 is 1.00 bits per heavy atom. The first-order valence-electron chi connectivity index (χ1n) is 10.3. The highest BCUT2D eigenvalue weighted by Gasteiger charge is 2.37. The van der Waals surface area contributed by atoms with E-state index in [0.29, 0.717) is 0 Å². The molecule has 1 aliphatic rings. The number of benzene rings is 2. The summed E-state index contributed by atoms with van der Waals surface area (Å²) in [6.07, 6.45) is 7.00. The molecule has 0 fully saturated rings. The molecule has 170 valence electrons. The van der Waals surface area contributed by atoms with E-state index < -0.39 is 15.6 Å². The molecule has 1 aliphatic heterocycles. The molecule has 4 rings (SSSR count). The lowest BCUT2D eigenvalue weighted by molar-refractivity contribution is -0.687. The topological polar surface area (TPSA) is 61.1 Å². The van der Waals surface area contributed by atoms with Crippen molar-refractivity contribution in [1.29, 1.82) is 0 Å². The van der Waals surface area contributed by atoms with Gasteiger partial charge >= 0.3 is 5.51 Å². The SMILES string of the molecule is CCCCc1ccc(-c2ccccc2)c2c1-c1cccc[n+]1CC2.O=S(=O)([O-])C(F)(F)F. The van der Waals surface area contributed by atoms with Crippen molar-refractivity contribution in [2.75, 3.05) is 0 Å². The fourth-order valence-corrected chi connectivity index (χ4v) is 3.87. The first-order chi connectivity index (χ1) is 15.1. The largest absolute Gasteiger partial charge is 0.741 e. The minimum Gasteiger partial charge on any atom is -0.741 e. The minimum absolute atomic E-state index is 1.07. The lowest BCUT2D eigenvalue weighted by atomic mass is 9.85. The zero-order chi connectivity index (χ0) is 23.4. The van der Waals surface area contributed by atoms with Crippen LogP contribution < -0.4 is 4.57 Å². The average Bonchev–Trinajstić information content (AvgIpc) is 2.77. The van der Waals surface area contributed by atoms with E-state index in [4.69, 9.17) is 13.0 Å². The molecule has 0 amide bonds. The Morgan fingerprint density at radius 2 is 1.66 bits per heavy atom. The van der Waals surface area contributed by atoms with Gasteiger partial charge in [0.25, 0.3) is 0 Å². The molecular weight excluding hydrogens is 439 g/mol. The van der Waals surface area contributed by atoms with E-state index in [2.05, 4.69) is 78.4 Å². The number of fused-ring (bicyclic) bond motifs is 3. The van der Waals surface area contributed by atoms with Gasteiger partial charge in [0.1, 0.15) is 0 Å². The quantitative estimate of drug-likeness (QED) is 0.301. The number of alkyl halides is 3. The predicted octanol–water partition coefficient (Wildman–Crippen LogP) is 5.26. The molecule has 0 N–H and O–H groups in total. The molecule has 32 heavy (non-hydrogen) atoms. The van der Waals surface area contributed by atoms with Gasteiger partial charge in [-0.05, 0) is 41.2 Å². The number of hydrogen-bond acceptors (Lipinski definition) is 3. The Hall–Kier alpha value is -2.71. The van der Waals surface area contributed by atoms with Gasteiger partial charge in [-0.15, -0.1) is 0 Å². The van der Waals surface area contributed by atoms with Gasteiger partial charge in [0.2, 0.25) is 5.69 Å². The van der Waals surface area contributed by atoms with Crippen molar-refractivity contribution in [2.24, 2.45) is 0 Å². The fraction of sp³-hybridized carbons (Fsp3) is 0.292. The molecule has 0 bridgehead atoms. The van der Waals surface area contributed by atoms with Gasteiger partial charge in [-0.2, -0.15) is 17.7 Å². The normalized spacial score (nSPS) is 12.9. The van der Waals surface area contributed by atoms with Gasteiger partial charge < -0.3 is 4.55 Å². The lowest BCUT2D eigenvalue weighted by Crippen LogP contribution is -2.40. The van der Waals surface area contributed by atoms with E-state index >= 15 is 0 Å². The van der Waals surface area contributed by atoms with Crippen molar-refractivity contribution < 1.29 is 30.7 Å². The van der Waals surface area contributed by atoms with Crippen LogP contribution in [-0.2, 0) is 29.5 Å². The number of rotatable bonds is 4. The molecular formula is C24H24F3NO3S. The van der Waals surface area contributed by atoms with E-state index in [1.54, 1.807) is 0 Å². The molecule has 3 aromatic rings. The van der Waals surface area contributed by atoms with Crippen molar-refractivity contribution in [3.63, 3.8) is 0 Å². The van der Waals surface area contributed by atoms with Crippen LogP contribution in [0.4, 0.5) is 13.2 Å². The Bertz CT molecular complexity index is 1180. The summed E-state index contributed by atoms with van der Waals surface area (Å²) in [5.41, 5.74) is 2.99. The maximum atomic E-state index is 10.7. The summed E-state index contributed by atoms with van der Waals surface area (Å²) >= 11 is 0. The number of aryl methyl sites for hydroxylation is 2. The average molecular weight is 464 g/mol. The van der Waals surface area contributed by atoms with Crippen LogP contribution in [0.15, 0.2) is 66.9 Å². The summed E-state index contributed by atoms with van der Waals surface area (Å²) < 4.78 is 61.3. The van der Waals surface area contributed by atoms with E-state index in [0.717, 1.165) is 13.0 Å². The molecule has 2 heterocycles. The molecule has 0 radical (unpaired) electrons. The zero-order valence-electron chi connectivity index (χ0n) is 17.6. The highest BCUT2D eigenvalue weighted by Crippen LogP contribution is 2.37. The smallest absolute Gasteiger partial charge is 0.485 e. The third-order valence-electron chi connectivity index (χ3n) is 5.37. The first-order valence-corrected chi connectivity index (χ1v) is 11.8. The molecule has 0 unspecified atom stereocenters. The second kappa shape index (κ2) is 9.83. The van der Waals surface area contributed by atoms with Crippen molar-refractivity contribution in [2.45, 2.75) is 44.7 Å². The van der Waals surface area contributed by atoms with E-state index in [1.165, 1.54) is 52.8 Å². The highest BCUT2D eigenvalue weighted by molar-refractivity contribution is 7.86. The van der Waals surface area contributed by atoms with Crippen LogP contribution in [0.1, 0.15) is 30.9 Å². The van der Waals surface area contributed by atoms with E-state index in [1.807, 2.05) is 0 Å². The molecule has 1 aromatic heterocycles. The van der Waals surface area contributed by atoms with Gasteiger partial charge in [-0.1, -0.05) is 55.8 Å². The Balaban J connectivity index is 0.000000312. The molecule has 0 aliphatic carbocycles. The van der Waals surface area contributed by atoms with Gasteiger partial charge in [0.05, 0.1) is 5.56 Å². The van der Waals surface area contributed by atoms with E-state index in [-0.39, 0.29) is 0 Å². The van der Waals surface area contributed by atoms with Crippen LogP contribution in [0.5, 0.6) is 0 Å². The van der Waals surface area contributed by atoms with Crippen molar-refractivity contribution in [3.05, 3.63) is 78.0 Å². The molecule has 8 heteroatoms. The van der Waals surface area contributed by atoms with Gasteiger partial charge in [-0.3, -0.25) is 0 Å². The molecule has 4 nitrogen and oxygen atoms in total. The van der Waals surface area contributed by atoms with Crippen LogP contribution in [0, 0.1) is 0 Å². The maximum absolute atomic E-state index is 10.7.